The molecule has 0 aliphatic carbocycles. The van der Waals surface area contributed by atoms with E-state index < -0.39 is 0 Å². The van der Waals surface area contributed by atoms with Crippen molar-refractivity contribution in [1.82, 2.24) is 24.5 Å². The van der Waals surface area contributed by atoms with Crippen LogP contribution in [-0.4, -0.2) is 30.4 Å². The maximum atomic E-state index is 13.2. The molecule has 0 radical (unpaired) electrons. The van der Waals surface area contributed by atoms with Gasteiger partial charge in [-0.1, -0.05) is 60.7 Å². The van der Waals surface area contributed by atoms with E-state index >= 15 is 0 Å². The fraction of sp³-hybridized carbons (Fsp3) is 0.130. The summed E-state index contributed by atoms with van der Waals surface area (Å²) in [6.07, 6.45) is 3.36. The molecule has 7 nitrogen and oxygen atoms in total. The molecule has 7 heteroatoms. The highest BCUT2D eigenvalue weighted by atomic mass is 16.2. The summed E-state index contributed by atoms with van der Waals surface area (Å²) in [7, 11) is 0. The van der Waals surface area contributed by atoms with Gasteiger partial charge < -0.3 is 4.90 Å². The topological polar surface area (TPSA) is 73.0 Å². The first-order valence-corrected chi connectivity index (χ1v) is 9.63. The van der Waals surface area contributed by atoms with E-state index in [1.807, 2.05) is 60.7 Å². The largest absolute Gasteiger partial charge is 0.332 e. The van der Waals surface area contributed by atoms with Crippen LogP contribution in [0.3, 0.4) is 0 Å². The van der Waals surface area contributed by atoms with Gasteiger partial charge in [-0.2, -0.15) is 5.10 Å². The molecule has 0 saturated carbocycles. The van der Waals surface area contributed by atoms with Crippen molar-refractivity contribution >= 4 is 5.91 Å². The summed E-state index contributed by atoms with van der Waals surface area (Å²) < 4.78 is 2.73. The standard InChI is InChI=1S/C23H21N5O2/c29-22-13-12-21(27-15-7-14-24-27)25-28(22)18-23(30)26(16-19-8-3-1-4-9-19)17-20-10-5-2-6-11-20/h1-15H,16-18H2. The summed E-state index contributed by atoms with van der Waals surface area (Å²) in [6.45, 7) is 0.748. The van der Waals surface area contributed by atoms with Crippen molar-refractivity contribution in [3.8, 4) is 5.82 Å². The Labute approximate surface area is 173 Å². The molecule has 1 amide bonds. The van der Waals surface area contributed by atoms with E-state index in [1.165, 1.54) is 10.7 Å². The van der Waals surface area contributed by atoms with Crippen molar-refractivity contribution in [1.29, 1.82) is 0 Å². The molecule has 0 saturated heterocycles. The number of carbonyl (C=O) groups is 1. The maximum Gasteiger partial charge on any atom is 0.267 e. The van der Waals surface area contributed by atoms with Crippen LogP contribution >= 0.6 is 0 Å². The summed E-state index contributed by atoms with van der Waals surface area (Å²) in [6, 6.07) is 24.3. The molecule has 2 aromatic carbocycles. The van der Waals surface area contributed by atoms with Crippen molar-refractivity contribution in [2.24, 2.45) is 0 Å². The predicted molar refractivity (Wildman–Crippen MR) is 113 cm³/mol. The highest BCUT2D eigenvalue weighted by Gasteiger charge is 2.17. The van der Waals surface area contributed by atoms with Gasteiger partial charge in [0, 0.05) is 31.5 Å². The zero-order valence-corrected chi connectivity index (χ0v) is 16.3. The normalized spacial score (nSPS) is 10.7. The third kappa shape index (κ3) is 4.70. The lowest BCUT2D eigenvalue weighted by Gasteiger charge is -2.23. The van der Waals surface area contributed by atoms with Crippen molar-refractivity contribution in [3.05, 3.63) is 113 Å². The van der Waals surface area contributed by atoms with Gasteiger partial charge in [-0.05, 0) is 23.3 Å². The highest BCUT2D eigenvalue weighted by molar-refractivity contribution is 5.76. The van der Waals surface area contributed by atoms with Crippen LogP contribution in [-0.2, 0) is 24.4 Å². The van der Waals surface area contributed by atoms with Gasteiger partial charge in [-0.3, -0.25) is 9.59 Å². The number of carbonyl (C=O) groups excluding carboxylic acids is 1. The lowest BCUT2D eigenvalue weighted by molar-refractivity contribution is -0.133. The Kier molecular flexibility index (Phi) is 5.80. The molecule has 150 valence electrons. The molecule has 0 aliphatic rings. The molecule has 0 atom stereocenters. The summed E-state index contributed by atoms with van der Waals surface area (Å²) in [5.41, 5.74) is 1.71. The van der Waals surface area contributed by atoms with E-state index in [4.69, 9.17) is 0 Å². The van der Waals surface area contributed by atoms with E-state index in [0.29, 0.717) is 18.9 Å². The first kappa shape index (κ1) is 19.3. The van der Waals surface area contributed by atoms with Crippen LogP contribution in [0.4, 0.5) is 0 Å². The molecule has 0 unspecified atom stereocenters. The van der Waals surface area contributed by atoms with E-state index in [1.54, 1.807) is 34.1 Å². The molecular weight excluding hydrogens is 378 g/mol. The maximum absolute atomic E-state index is 13.2. The number of amides is 1. The lowest BCUT2D eigenvalue weighted by Crippen LogP contribution is -2.37. The number of benzene rings is 2. The zero-order chi connectivity index (χ0) is 20.8. The highest BCUT2D eigenvalue weighted by Crippen LogP contribution is 2.11. The molecule has 0 aliphatic heterocycles. The second-order valence-electron chi connectivity index (χ2n) is 6.86. The SMILES string of the molecule is O=C(Cn1nc(-n2cccn2)ccc1=O)N(Cc1ccccc1)Cc1ccccc1. The van der Waals surface area contributed by atoms with Crippen LogP contribution in [0.1, 0.15) is 11.1 Å². The van der Waals surface area contributed by atoms with Crippen LogP contribution < -0.4 is 5.56 Å². The quantitative estimate of drug-likeness (QED) is 0.479. The van der Waals surface area contributed by atoms with Gasteiger partial charge in [-0.15, -0.1) is 5.10 Å². The monoisotopic (exact) mass is 399 g/mol. The second-order valence-corrected chi connectivity index (χ2v) is 6.86. The Morgan fingerprint density at radius 1 is 0.833 bits per heavy atom. The third-order valence-corrected chi connectivity index (χ3v) is 4.66. The van der Waals surface area contributed by atoms with Crippen molar-refractivity contribution < 1.29 is 4.79 Å². The number of aromatic nitrogens is 4. The number of hydrogen-bond acceptors (Lipinski definition) is 4. The summed E-state index contributed by atoms with van der Waals surface area (Å²) in [5.74, 6) is 0.292. The third-order valence-electron chi connectivity index (χ3n) is 4.66. The fourth-order valence-corrected chi connectivity index (χ4v) is 3.15. The lowest BCUT2D eigenvalue weighted by atomic mass is 10.1. The van der Waals surface area contributed by atoms with Gasteiger partial charge in [0.2, 0.25) is 5.91 Å². The minimum Gasteiger partial charge on any atom is -0.332 e. The molecule has 4 rings (SSSR count). The fourth-order valence-electron chi connectivity index (χ4n) is 3.15. The van der Waals surface area contributed by atoms with Gasteiger partial charge in [0.15, 0.2) is 5.82 Å². The van der Waals surface area contributed by atoms with Gasteiger partial charge in [0.25, 0.3) is 5.56 Å². The molecule has 0 spiro atoms. The Balaban J connectivity index is 1.58. The second kappa shape index (κ2) is 9.00. The van der Waals surface area contributed by atoms with Gasteiger partial charge >= 0.3 is 0 Å². The van der Waals surface area contributed by atoms with E-state index in [0.717, 1.165) is 11.1 Å². The molecule has 0 fully saturated rings. The number of nitrogens with zero attached hydrogens (tertiary/aromatic N) is 5. The van der Waals surface area contributed by atoms with Gasteiger partial charge in [0.1, 0.15) is 6.54 Å². The summed E-state index contributed by atoms with van der Waals surface area (Å²) >= 11 is 0. The molecule has 2 heterocycles. The summed E-state index contributed by atoms with van der Waals surface area (Å²) in [4.78, 5) is 27.2. The van der Waals surface area contributed by atoms with Crippen LogP contribution in [0, 0.1) is 0 Å². The Morgan fingerprint density at radius 2 is 1.47 bits per heavy atom. The first-order chi connectivity index (χ1) is 14.7. The Bertz CT molecular complexity index is 1110. The van der Waals surface area contributed by atoms with Crippen LogP contribution in [0.15, 0.2) is 96.1 Å². The molecular formula is C23H21N5O2. The molecule has 0 N–H and O–H groups in total. The van der Waals surface area contributed by atoms with Crippen LogP contribution in [0.5, 0.6) is 0 Å². The van der Waals surface area contributed by atoms with E-state index in [-0.39, 0.29) is 18.0 Å². The van der Waals surface area contributed by atoms with Crippen molar-refractivity contribution in [3.63, 3.8) is 0 Å². The number of hydrogen-bond donors (Lipinski definition) is 0. The Morgan fingerprint density at radius 3 is 2.03 bits per heavy atom. The number of rotatable bonds is 7. The van der Waals surface area contributed by atoms with E-state index in [2.05, 4.69) is 10.2 Å². The molecule has 2 aromatic heterocycles. The van der Waals surface area contributed by atoms with Gasteiger partial charge in [0.05, 0.1) is 0 Å². The predicted octanol–water partition coefficient (Wildman–Crippen LogP) is 2.66. The molecule has 0 bridgehead atoms. The van der Waals surface area contributed by atoms with Crippen molar-refractivity contribution in [2.75, 3.05) is 0 Å². The molecule has 4 aromatic rings. The average Bonchev–Trinajstić information content (AvgIpc) is 3.31. The first-order valence-electron chi connectivity index (χ1n) is 9.63. The van der Waals surface area contributed by atoms with Crippen molar-refractivity contribution in [2.45, 2.75) is 19.6 Å². The molecule has 30 heavy (non-hydrogen) atoms. The minimum absolute atomic E-state index is 0.145. The zero-order valence-electron chi connectivity index (χ0n) is 16.3. The van der Waals surface area contributed by atoms with Crippen LogP contribution in [0.25, 0.3) is 5.82 Å². The van der Waals surface area contributed by atoms with E-state index in [9.17, 15) is 9.59 Å². The smallest absolute Gasteiger partial charge is 0.267 e. The minimum atomic E-state index is -0.335. The van der Waals surface area contributed by atoms with Gasteiger partial charge in [-0.25, -0.2) is 9.36 Å². The Hall–Kier alpha value is -4.00. The van der Waals surface area contributed by atoms with Crippen LogP contribution in [0.2, 0.25) is 0 Å². The average molecular weight is 399 g/mol. The summed E-state index contributed by atoms with van der Waals surface area (Å²) in [5, 5.41) is 8.43.